The Morgan fingerprint density at radius 2 is 2.10 bits per heavy atom. The molecule has 0 bridgehead atoms. The average molecular weight is 267 g/mol. The van der Waals surface area contributed by atoms with Crippen LogP contribution in [0.5, 0.6) is 0 Å². The number of nitrogens with one attached hydrogen (secondary N) is 1. The van der Waals surface area contributed by atoms with Gasteiger partial charge in [-0.15, -0.1) is 0 Å². The van der Waals surface area contributed by atoms with Gasteiger partial charge in [0.05, 0.1) is 5.69 Å². The number of rotatable bonds is 4. The van der Waals surface area contributed by atoms with Gasteiger partial charge < -0.3 is 11.1 Å². The zero-order valence-corrected chi connectivity index (χ0v) is 11.4. The molecule has 0 spiro atoms. The van der Waals surface area contributed by atoms with Crippen molar-refractivity contribution in [3.05, 3.63) is 59.5 Å². The number of hydrogen-bond donors (Lipinski definition) is 2. The smallest absolute Gasteiger partial charge is 0.152 e. The van der Waals surface area contributed by atoms with Crippen LogP contribution < -0.4 is 11.1 Å². The van der Waals surface area contributed by atoms with E-state index in [0.717, 1.165) is 22.6 Å². The molecule has 0 saturated heterocycles. The highest BCUT2D eigenvalue weighted by Gasteiger charge is 2.05. The van der Waals surface area contributed by atoms with Crippen molar-refractivity contribution < 1.29 is 0 Å². The zero-order valence-electron chi connectivity index (χ0n) is 11.4. The quantitative estimate of drug-likeness (QED) is 0.759. The molecule has 0 saturated carbocycles. The largest absolute Gasteiger partial charge is 0.364 e. The molecule has 0 atom stereocenters. The van der Waals surface area contributed by atoms with Crippen LogP contribution in [-0.2, 0) is 13.1 Å². The van der Waals surface area contributed by atoms with Crippen LogP contribution in [0.4, 0.5) is 5.82 Å². The van der Waals surface area contributed by atoms with E-state index in [4.69, 9.17) is 5.73 Å². The first-order valence-corrected chi connectivity index (χ1v) is 6.59. The Bertz CT molecular complexity index is 732. The van der Waals surface area contributed by atoms with Crippen LogP contribution in [0.2, 0.25) is 0 Å². The van der Waals surface area contributed by atoms with Crippen LogP contribution in [0.25, 0.3) is 5.52 Å². The molecule has 0 unspecified atom stereocenters. The van der Waals surface area contributed by atoms with E-state index in [1.807, 2.05) is 35.8 Å². The fourth-order valence-electron chi connectivity index (χ4n) is 2.23. The normalized spacial score (nSPS) is 10.9. The number of nitrogens with two attached hydrogens (primary N) is 1. The third kappa shape index (κ3) is 2.48. The molecule has 2 aromatic heterocycles. The van der Waals surface area contributed by atoms with Crippen molar-refractivity contribution in [1.29, 1.82) is 0 Å². The average Bonchev–Trinajstić information content (AvgIpc) is 2.86. The summed E-state index contributed by atoms with van der Waals surface area (Å²) in [5, 5.41) is 7.73. The number of benzene rings is 1. The second-order valence-corrected chi connectivity index (χ2v) is 4.77. The Balaban J connectivity index is 1.82. The molecule has 0 aliphatic carbocycles. The molecule has 0 aliphatic heterocycles. The summed E-state index contributed by atoms with van der Waals surface area (Å²) in [6.07, 6.45) is 3.60. The fraction of sp³-hybridized carbons (Fsp3) is 0.200. The summed E-state index contributed by atoms with van der Waals surface area (Å²) in [5.41, 5.74) is 9.95. The molecule has 3 rings (SSSR count). The first-order valence-electron chi connectivity index (χ1n) is 6.59. The topological polar surface area (TPSA) is 68.2 Å². The van der Waals surface area contributed by atoms with Gasteiger partial charge in [0.25, 0.3) is 0 Å². The lowest BCUT2D eigenvalue weighted by molar-refractivity contribution is 0.920. The van der Waals surface area contributed by atoms with Crippen molar-refractivity contribution in [2.24, 2.45) is 5.73 Å². The van der Waals surface area contributed by atoms with Gasteiger partial charge in [0.1, 0.15) is 5.52 Å². The van der Waals surface area contributed by atoms with Gasteiger partial charge in [0.2, 0.25) is 0 Å². The van der Waals surface area contributed by atoms with Crippen molar-refractivity contribution in [3.63, 3.8) is 0 Å². The molecule has 1 aromatic carbocycles. The van der Waals surface area contributed by atoms with Crippen molar-refractivity contribution >= 4 is 11.3 Å². The Kier molecular flexibility index (Phi) is 3.35. The van der Waals surface area contributed by atoms with E-state index in [1.165, 1.54) is 5.56 Å². The molecule has 0 fully saturated rings. The van der Waals surface area contributed by atoms with Gasteiger partial charge >= 0.3 is 0 Å². The molecule has 2 heterocycles. The molecule has 5 nitrogen and oxygen atoms in total. The monoisotopic (exact) mass is 267 g/mol. The van der Waals surface area contributed by atoms with Crippen molar-refractivity contribution in [3.8, 4) is 0 Å². The first kappa shape index (κ1) is 12.6. The zero-order chi connectivity index (χ0) is 13.9. The molecule has 3 aromatic rings. The van der Waals surface area contributed by atoms with Crippen LogP contribution in [0.3, 0.4) is 0 Å². The number of nitrogens with zero attached hydrogens (tertiary/aromatic N) is 3. The number of aryl methyl sites for hydroxylation is 1. The third-order valence-electron chi connectivity index (χ3n) is 3.20. The second kappa shape index (κ2) is 5.30. The van der Waals surface area contributed by atoms with E-state index in [-0.39, 0.29) is 0 Å². The van der Waals surface area contributed by atoms with Gasteiger partial charge in [0, 0.05) is 25.5 Å². The predicted molar refractivity (Wildman–Crippen MR) is 79.4 cm³/mol. The summed E-state index contributed by atoms with van der Waals surface area (Å²) in [7, 11) is 0. The molecule has 5 heteroatoms. The molecule has 102 valence electrons. The summed E-state index contributed by atoms with van der Waals surface area (Å²) in [5.74, 6) is 0.839. The fourth-order valence-corrected chi connectivity index (χ4v) is 2.23. The van der Waals surface area contributed by atoms with Crippen LogP contribution in [0, 0.1) is 6.92 Å². The summed E-state index contributed by atoms with van der Waals surface area (Å²) in [6.45, 7) is 3.25. The van der Waals surface area contributed by atoms with E-state index in [1.54, 1.807) is 6.20 Å². The standard InChI is InChI=1S/C15H17N5/c1-11-7-14-15(17-5-6-20(14)19-11)18-10-13-4-2-3-12(8-13)9-16/h2-8H,9-10,16H2,1H3,(H,17,18). The summed E-state index contributed by atoms with van der Waals surface area (Å²) in [6, 6.07) is 10.3. The maximum atomic E-state index is 5.66. The summed E-state index contributed by atoms with van der Waals surface area (Å²) < 4.78 is 1.83. The third-order valence-corrected chi connectivity index (χ3v) is 3.20. The Morgan fingerprint density at radius 3 is 2.95 bits per heavy atom. The van der Waals surface area contributed by atoms with E-state index in [9.17, 15) is 0 Å². The maximum Gasteiger partial charge on any atom is 0.152 e. The van der Waals surface area contributed by atoms with Crippen molar-refractivity contribution in [1.82, 2.24) is 14.6 Å². The van der Waals surface area contributed by atoms with Gasteiger partial charge in [-0.25, -0.2) is 9.50 Å². The molecule has 0 aliphatic rings. The van der Waals surface area contributed by atoms with E-state index in [2.05, 4.69) is 27.5 Å². The van der Waals surface area contributed by atoms with E-state index in [0.29, 0.717) is 13.1 Å². The van der Waals surface area contributed by atoms with Crippen molar-refractivity contribution in [2.75, 3.05) is 5.32 Å². The summed E-state index contributed by atoms with van der Waals surface area (Å²) in [4.78, 5) is 4.38. The minimum absolute atomic E-state index is 0.559. The van der Waals surface area contributed by atoms with Crippen LogP contribution in [-0.4, -0.2) is 14.6 Å². The number of hydrogen-bond acceptors (Lipinski definition) is 4. The lowest BCUT2D eigenvalue weighted by atomic mass is 10.1. The lowest BCUT2D eigenvalue weighted by Crippen LogP contribution is -2.04. The summed E-state index contributed by atoms with van der Waals surface area (Å²) >= 11 is 0. The second-order valence-electron chi connectivity index (χ2n) is 4.77. The minimum atomic E-state index is 0.559. The lowest BCUT2D eigenvalue weighted by Gasteiger charge is -2.08. The Hall–Kier alpha value is -2.40. The number of fused-ring (bicyclic) bond motifs is 1. The van der Waals surface area contributed by atoms with Crippen LogP contribution in [0.1, 0.15) is 16.8 Å². The molecular weight excluding hydrogens is 250 g/mol. The highest BCUT2D eigenvalue weighted by Crippen LogP contribution is 2.16. The van der Waals surface area contributed by atoms with Gasteiger partial charge in [-0.1, -0.05) is 24.3 Å². The molecule has 3 N–H and O–H groups in total. The Labute approximate surface area is 117 Å². The first-order chi connectivity index (χ1) is 9.76. The SMILES string of the molecule is Cc1cc2c(NCc3cccc(CN)c3)nccn2n1. The van der Waals surface area contributed by atoms with Crippen LogP contribution in [0.15, 0.2) is 42.7 Å². The molecular formula is C15H17N5. The predicted octanol–water partition coefficient (Wildman–Crippen LogP) is 2.11. The van der Waals surface area contributed by atoms with Crippen molar-refractivity contribution in [2.45, 2.75) is 20.0 Å². The van der Waals surface area contributed by atoms with E-state index >= 15 is 0 Å². The highest BCUT2D eigenvalue weighted by molar-refractivity contribution is 5.67. The Morgan fingerprint density at radius 1 is 1.25 bits per heavy atom. The van der Waals surface area contributed by atoms with E-state index < -0.39 is 0 Å². The van der Waals surface area contributed by atoms with Gasteiger partial charge in [-0.05, 0) is 24.1 Å². The highest BCUT2D eigenvalue weighted by atomic mass is 15.2. The number of anilines is 1. The molecule has 0 amide bonds. The number of aromatic nitrogens is 3. The van der Waals surface area contributed by atoms with Gasteiger partial charge in [-0.3, -0.25) is 0 Å². The molecule has 20 heavy (non-hydrogen) atoms. The van der Waals surface area contributed by atoms with Crippen LogP contribution >= 0.6 is 0 Å². The van der Waals surface area contributed by atoms with Gasteiger partial charge in [-0.2, -0.15) is 5.10 Å². The maximum absolute atomic E-state index is 5.66. The van der Waals surface area contributed by atoms with Gasteiger partial charge in [0.15, 0.2) is 5.82 Å². The minimum Gasteiger partial charge on any atom is -0.364 e. The molecule has 0 radical (unpaired) electrons.